The van der Waals surface area contributed by atoms with Crippen LogP contribution in [0.5, 0.6) is 0 Å². The van der Waals surface area contributed by atoms with E-state index in [9.17, 15) is 45.6 Å². The fraction of sp³-hybridized carbons (Fsp3) is 0.580. The van der Waals surface area contributed by atoms with Gasteiger partial charge in [0.05, 0.1) is 32.0 Å². The van der Waals surface area contributed by atoms with Crippen molar-refractivity contribution in [2.24, 2.45) is 0 Å². The Labute approximate surface area is 498 Å². The van der Waals surface area contributed by atoms with Crippen molar-refractivity contribution >= 4 is 5.91 Å². The lowest BCUT2D eigenvalue weighted by Crippen LogP contribution is -2.65. The number of carbonyl (C=O) groups excluding carboxylic acids is 1. The van der Waals surface area contributed by atoms with Crippen LogP contribution in [0.25, 0.3) is 0 Å². The van der Waals surface area contributed by atoms with E-state index in [-0.39, 0.29) is 18.9 Å². The van der Waals surface area contributed by atoms with Crippen LogP contribution in [0, 0.1) is 0 Å². The first-order valence-electron chi connectivity index (χ1n) is 30.9. The Kier molecular flexibility index (Phi) is 46.4. The summed E-state index contributed by atoms with van der Waals surface area (Å²) in [6.45, 7) is 2.54. The molecule has 14 nitrogen and oxygen atoms in total. The van der Waals surface area contributed by atoms with Crippen LogP contribution >= 0.6 is 0 Å². The van der Waals surface area contributed by atoms with E-state index < -0.39 is 86.8 Å². The van der Waals surface area contributed by atoms with Gasteiger partial charge in [-0.05, 0) is 122 Å². The minimum Gasteiger partial charge on any atom is -0.394 e. The van der Waals surface area contributed by atoms with E-state index in [4.69, 9.17) is 18.9 Å². The summed E-state index contributed by atoms with van der Waals surface area (Å²) in [6, 6.07) is -0.968. The maximum atomic E-state index is 13.2. The molecular weight excluding hydrogens is 1050 g/mol. The predicted octanol–water partition coefficient (Wildman–Crippen LogP) is 11.3. The van der Waals surface area contributed by atoms with Crippen molar-refractivity contribution in [1.82, 2.24) is 5.32 Å². The molecular formula is C69H107NO13. The van der Waals surface area contributed by atoms with Crippen LogP contribution in [0.2, 0.25) is 0 Å². The molecule has 2 aliphatic rings. The molecule has 2 fully saturated rings. The monoisotopic (exact) mass is 1160 g/mol. The molecule has 83 heavy (non-hydrogen) atoms. The van der Waals surface area contributed by atoms with Gasteiger partial charge in [-0.25, -0.2) is 0 Å². The van der Waals surface area contributed by atoms with Crippen molar-refractivity contribution in [3.05, 3.63) is 170 Å². The smallest absolute Gasteiger partial charge is 0.220 e. The van der Waals surface area contributed by atoms with Crippen molar-refractivity contribution in [1.29, 1.82) is 0 Å². The summed E-state index contributed by atoms with van der Waals surface area (Å²) in [6.07, 6.45) is 64.1. The van der Waals surface area contributed by atoms with E-state index in [2.05, 4.69) is 177 Å². The molecule has 1 amide bonds. The molecule has 12 unspecified atom stereocenters. The van der Waals surface area contributed by atoms with E-state index in [0.717, 1.165) is 116 Å². The van der Waals surface area contributed by atoms with Gasteiger partial charge in [0.15, 0.2) is 12.6 Å². The summed E-state index contributed by atoms with van der Waals surface area (Å²) in [4.78, 5) is 13.2. The van der Waals surface area contributed by atoms with E-state index >= 15 is 0 Å². The van der Waals surface area contributed by atoms with Crippen molar-refractivity contribution < 1.29 is 64.6 Å². The van der Waals surface area contributed by atoms with Gasteiger partial charge in [-0.3, -0.25) is 4.79 Å². The van der Waals surface area contributed by atoms with Crippen LogP contribution in [0.15, 0.2) is 170 Å². The van der Waals surface area contributed by atoms with Crippen molar-refractivity contribution in [3.63, 3.8) is 0 Å². The van der Waals surface area contributed by atoms with Gasteiger partial charge in [-0.2, -0.15) is 0 Å². The SMILES string of the molecule is CC/C=C\C/C=C\C/C=C\C/C=C\C/C=C\C/C=C\C/C=C\C/C=C\C/C=C\C/C=C\C/C=C\CCCCCC(=O)NC(COC1OC(CO)C(OC2OC(CO)C(O)C(O)C2O)C(O)C1O)C(O)/C=C/CC/C=C/CC/C=C/CCCC. The van der Waals surface area contributed by atoms with Gasteiger partial charge in [0.1, 0.15) is 48.8 Å². The van der Waals surface area contributed by atoms with E-state index in [1.165, 1.54) is 12.8 Å². The topological polar surface area (TPSA) is 228 Å². The van der Waals surface area contributed by atoms with E-state index in [1.807, 2.05) is 6.08 Å². The quantitative estimate of drug-likeness (QED) is 0.0204. The zero-order chi connectivity index (χ0) is 60.2. The Hall–Kier alpha value is -4.65. The third-order valence-electron chi connectivity index (χ3n) is 13.6. The maximum Gasteiger partial charge on any atom is 0.220 e. The summed E-state index contributed by atoms with van der Waals surface area (Å²) >= 11 is 0. The molecule has 0 aromatic carbocycles. The molecule has 2 aliphatic heterocycles. The van der Waals surface area contributed by atoms with Gasteiger partial charge in [-0.15, -0.1) is 0 Å². The molecule has 0 radical (unpaired) electrons. The first-order chi connectivity index (χ1) is 40.6. The average Bonchev–Trinajstić information content (AvgIpc) is 3.58. The fourth-order valence-corrected chi connectivity index (χ4v) is 8.66. The highest BCUT2D eigenvalue weighted by molar-refractivity contribution is 5.76. The lowest BCUT2D eigenvalue weighted by molar-refractivity contribution is -0.359. The Balaban J connectivity index is 1.70. The third kappa shape index (κ3) is 36.7. The Morgan fingerprint density at radius 3 is 1.30 bits per heavy atom. The van der Waals surface area contributed by atoms with E-state index in [1.54, 1.807) is 6.08 Å². The van der Waals surface area contributed by atoms with Gasteiger partial charge < -0.3 is 65.1 Å². The molecule has 0 aliphatic carbocycles. The molecule has 0 bridgehead atoms. The number of hydrogen-bond acceptors (Lipinski definition) is 13. The van der Waals surface area contributed by atoms with Crippen molar-refractivity contribution in [2.75, 3.05) is 19.8 Å². The first-order valence-corrected chi connectivity index (χ1v) is 30.9. The number of rotatable bonds is 46. The van der Waals surface area contributed by atoms with Crippen LogP contribution < -0.4 is 5.32 Å². The third-order valence-corrected chi connectivity index (χ3v) is 13.6. The second kappa shape index (κ2) is 51.7. The van der Waals surface area contributed by atoms with E-state index in [0.29, 0.717) is 12.8 Å². The Morgan fingerprint density at radius 1 is 0.446 bits per heavy atom. The zero-order valence-electron chi connectivity index (χ0n) is 50.1. The molecule has 0 aromatic heterocycles. The zero-order valence-corrected chi connectivity index (χ0v) is 50.1. The second-order valence-corrected chi connectivity index (χ2v) is 20.7. The summed E-state index contributed by atoms with van der Waals surface area (Å²) in [5, 5.41) is 86.9. The molecule has 2 rings (SSSR count). The Morgan fingerprint density at radius 2 is 0.843 bits per heavy atom. The van der Waals surface area contributed by atoms with Gasteiger partial charge in [-0.1, -0.05) is 203 Å². The number of aliphatic hydroxyl groups excluding tert-OH is 8. The summed E-state index contributed by atoms with van der Waals surface area (Å²) in [5.41, 5.74) is 0. The normalized spacial score (nSPS) is 25.0. The average molecular weight is 1160 g/mol. The highest BCUT2D eigenvalue weighted by Crippen LogP contribution is 2.30. The standard InChI is InChI=1S/C69H107NO13/c1-3-5-7-9-11-13-15-17-18-19-20-21-22-23-24-25-26-27-28-29-30-31-32-33-34-35-36-37-38-39-40-41-43-45-47-49-51-53-61(74)70-57(58(73)52-50-48-46-44-42-16-14-12-10-8-6-4-2)56-80-68-66(79)64(77)67(60(55-72)82-68)83-69-65(78)63(76)62(75)59(54-71)81-69/h5,7,10-13,17-18,20-21,23-24,26-27,29-30,32-33,35-36,38-39,41-44,50,52,57-60,62-69,71-73,75-79H,3-4,6,8-9,14-16,19,22,25,28,31,34,37,40,45-49,51,53-56H2,1-2H3,(H,70,74)/b7-5-,12-10+,13-11-,18-17-,21-20-,24-23-,27-26-,30-29-,33-32-,36-35-,39-38-,43-41-,44-42+,52-50+. The number of allylic oxidation sites excluding steroid dienone is 27. The number of amides is 1. The van der Waals surface area contributed by atoms with Gasteiger partial charge in [0.2, 0.25) is 5.91 Å². The number of ether oxygens (including phenoxy) is 4. The summed E-state index contributed by atoms with van der Waals surface area (Å²) in [7, 11) is 0. The molecule has 14 heteroatoms. The molecule has 2 heterocycles. The minimum absolute atomic E-state index is 0.217. The predicted molar refractivity (Wildman–Crippen MR) is 336 cm³/mol. The number of aliphatic hydroxyl groups is 8. The Bertz CT molecular complexity index is 2040. The number of unbranched alkanes of at least 4 members (excludes halogenated alkanes) is 7. The van der Waals surface area contributed by atoms with Crippen LogP contribution in [-0.2, 0) is 23.7 Å². The summed E-state index contributed by atoms with van der Waals surface area (Å²) in [5.74, 6) is -0.296. The largest absolute Gasteiger partial charge is 0.394 e. The maximum absolute atomic E-state index is 13.2. The number of hydrogen-bond donors (Lipinski definition) is 9. The molecule has 0 spiro atoms. The summed E-state index contributed by atoms with van der Waals surface area (Å²) < 4.78 is 22.7. The van der Waals surface area contributed by atoms with Crippen LogP contribution in [0.1, 0.15) is 162 Å². The van der Waals surface area contributed by atoms with Crippen LogP contribution in [0.4, 0.5) is 0 Å². The van der Waals surface area contributed by atoms with Crippen molar-refractivity contribution in [3.8, 4) is 0 Å². The molecule has 9 N–H and O–H groups in total. The lowest BCUT2D eigenvalue weighted by Gasteiger charge is -2.46. The highest BCUT2D eigenvalue weighted by Gasteiger charge is 2.51. The lowest BCUT2D eigenvalue weighted by atomic mass is 9.97. The second-order valence-electron chi connectivity index (χ2n) is 20.7. The fourth-order valence-electron chi connectivity index (χ4n) is 8.66. The van der Waals surface area contributed by atoms with Crippen LogP contribution in [-0.4, -0.2) is 140 Å². The highest BCUT2D eigenvalue weighted by atomic mass is 16.7. The molecule has 2 saturated heterocycles. The van der Waals surface area contributed by atoms with Gasteiger partial charge in [0, 0.05) is 6.42 Å². The van der Waals surface area contributed by atoms with Crippen LogP contribution in [0.3, 0.4) is 0 Å². The molecule has 0 saturated carbocycles. The minimum atomic E-state index is -1.80. The van der Waals surface area contributed by atoms with Gasteiger partial charge in [0.25, 0.3) is 0 Å². The first kappa shape index (κ1) is 74.5. The molecule has 0 aromatic rings. The number of nitrogens with one attached hydrogen (secondary N) is 1. The molecule has 466 valence electrons. The number of carbonyl (C=O) groups is 1. The molecule has 12 atom stereocenters. The van der Waals surface area contributed by atoms with Crippen molar-refractivity contribution in [2.45, 2.75) is 235 Å². The van der Waals surface area contributed by atoms with Gasteiger partial charge >= 0.3 is 0 Å².